The molecule has 0 unspecified atom stereocenters. The molecule has 19 heavy (non-hydrogen) atoms. The Kier molecular flexibility index (Phi) is 4.29. The first kappa shape index (κ1) is 13.7. The first-order valence-corrected chi connectivity index (χ1v) is 6.23. The maximum atomic E-state index is 13.3. The van der Waals surface area contributed by atoms with Crippen molar-refractivity contribution in [3.63, 3.8) is 0 Å². The number of hydrogen-bond acceptors (Lipinski definition) is 1. The van der Waals surface area contributed by atoms with Crippen molar-refractivity contribution in [3.05, 3.63) is 35.1 Å². The SMILES string of the molecule is NC(=NCc1c(F)cc(F)cc1F)NCC1CCC1. The monoisotopic (exact) mass is 271 g/mol. The van der Waals surface area contributed by atoms with Crippen LogP contribution >= 0.6 is 0 Å². The summed E-state index contributed by atoms with van der Waals surface area (Å²) < 4.78 is 39.4. The van der Waals surface area contributed by atoms with Gasteiger partial charge in [-0.2, -0.15) is 0 Å². The van der Waals surface area contributed by atoms with Crippen LogP contribution in [0.25, 0.3) is 0 Å². The Balaban J connectivity index is 1.92. The number of nitrogens with zero attached hydrogens (tertiary/aromatic N) is 1. The number of aliphatic imine (C=N–C) groups is 1. The molecule has 104 valence electrons. The van der Waals surface area contributed by atoms with Gasteiger partial charge in [0.2, 0.25) is 0 Å². The molecule has 1 aliphatic rings. The molecule has 0 amide bonds. The van der Waals surface area contributed by atoms with Gasteiger partial charge in [-0.3, -0.25) is 0 Å². The summed E-state index contributed by atoms with van der Waals surface area (Å²) in [5.74, 6) is -2.09. The zero-order chi connectivity index (χ0) is 13.8. The minimum Gasteiger partial charge on any atom is -0.370 e. The van der Waals surface area contributed by atoms with E-state index in [1.807, 2.05) is 0 Å². The maximum Gasteiger partial charge on any atom is 0.188 e. The summed E-state index contributed by atoms with van der Waals surface area (Å²) in [6.45, 7) is 0.477. The minimum atomic E-state index is -0.951. The normalized spacial score (nSPS) is 16.3. The lowest BCUT2D eigenvalue weighted by atomic mass is 9.85. The smallest absolute Gasteiger partial charge is 0.188 e. The molecule has 1 aromatic carbocycles. The van der Waals surface area contributed by atoms with Crippen LogP contribution in [0.5, 0.6) is 0 Å². The summed E-state index contributed by atoms with van der Waals surface area (Å²) in [5.41, 5.74) is 5.32. The molecule has 1 aliphatic carbocycles. The van der Waals surface area contributed by atoms with Crippen molar-refractivity contribution in [2.75, 3.05) is 6.54 Å². The van der Waals surface area contributed by atoms with Crippen molar-refractivity contribution in [3.8, 4) is 0 Å². The van der Waals surface area contributed by atoms with E-state index in [1.165, 1.54) is 19.3 Å². The summed E-state index contributed by atoms with van der Waals surface area (Å²) in [6, 6.07) is 1.26. The van der Waals surface area contributed by atoms with Gasteiger partial charge in [-0.15, -0.1) is 0 Å². The fourth-order valence-corrected chi connectivity index (χ4v) is 1.89. The quantitative estimate of drug-likeness (QED) is 0.652. The maximum absolute atomic E-state index is 13.3. The largest absolute Gasteiger partial charge is 0.370 e. The highest BCUT2D eigenvalue weighted by Gasteiger charge is 2.17. The van der Waals surface area contributed by atoms with Gasteiger partial charge in [0, 0.05) is 24.2 Å². The second-order valence-corrected chi connectivity index (χ2v) is 4.73. The first-order chi connectivity index (χ1) is 9.06. The van der Waals surface area contributed by atoms with Crippen LogP contribution in [0.2, 0.25) is 0 Å². The van der Waals surface area contributed by atoms with Crippen LogP contribution in [0.3, 0.4) is 0 Å². The Morgan fingerprint density at radius 2 is 1.89 bits per heavy atom. The predicted octanol–water partition coefficient (Wildman–Crippen LogP) is 2.31. The summed E-state index contributed by atoms with van der Waals surface area (Å²) in [6.07, 6.45) is 3.57. The zero-order valence-electron chi connectivity index (χ0n) is 10.4. The molecule has 0 bridgehead atoms. The summed E-state index contributed by atoms with van der Waals surface area (Å²) in [7, 11) is 0. The number of rotatable bonds is 4. The van der Waals surface area contributed by atoms with Gasteiger partial charge in [0.05, 0.1) is 6.54 Å². The molecule has 3 nitrogen and oxygen atoms in total. The number of nitrogens with two attached hydrogens (primary N) is 1. The highest BCUT2D eigenvalue weighted by Crippen LogP contribution is 2.25. The number of nitrogens with one attached hydrogen (secondary N) is 1. The number of guanidine groups is 1. The van der Waals surface area contributed by atoms with Gasteiger partial charge in [-0.25, -0.2) is 18.2 Å². The van der Waals surface area contributed by atoms with Crippen LogP contribution in [0.15, 0.2) is 17.1 Å². The lowest BCUT2D eigenvalue weighted by molar-refractivity contribution is 0.315. The molecule has 1 fully saturated rings. The summed E-state index contributed by atoms with van der Waals surface area (Å²) in [4.78, 5) is 3.86. The molecule has 0 aliphatic heterocycles. The van der Waals surface area contributed by atoms with E-state index in [0.29, 0.717) is 18.1 Å². The van der Waals surface area contributed by atoms with Gasteiger partial charge in [-0.05, 0) is 18.8 Å². The Morgan fingerprint density at radius 3 is 2.42 bits per heavy atom. The number of benzene rings is 1. The fraction of sp³-hybridized carbons (Fsp3) is 0.462. The highest BCUT2D eigenvalue weighted by atomic mass is 19.1. The van der Waals surface area contributed by atoms with Gasteiger partial charge < -0.3 is 11.1 Å². The molecular weight excluding hydrogens is 255 g/mol. The third kappa shape index (κ3) is 3.62. The predicted molar refractivity (Wildman–Crippen MR) is 67.0 cm³/mol. The molecule has 1 saturated carbocycles. The molecule has 0 radical (unpaired) electrons. The van der Waals surface area contributed by atoms with Crippen LogP contribution in [0.1, 0.15) is 24.8 Å². The molecule has 1 aromatic rings. The van der Waals surface area contributed by atoms with Crippen molar-refractivity contribution in [2.45, 2.75) is 25.8 Å². The summed E-state index contributed by atoms with van der Waals surface area (Å²) in [5, 5.41) is 2.91. The van der Waals surface area contributed by atoms with E-state index in [0.717, 1.165) is 6.54 Å². The van der Waals surface area contributed by atoms with Crippen molar-refractivity contribution in [1.29, 1.82) is 0 Å². The molecule has 0 aromatic heterocycles. The molecule has 3 N–H and O–H groups in total. The van der Waals surface area contributed by atoms with E-state index in [4.69, 9.17) is 5.73 Å². The molecule has 0 saturated heterocycles. The Morgan fingerprint density at radius 1 is 1.26 bits per heavy atom. The first-order valence-electron chi connectivity index (χ1n) is 6.23. The third-order valence-electron chi connectivity index (χ3n) is 3.31. The molecule has 0 spiro atoms. The Hall–Kier alpha value is -1.72. The van der Waals surface area contributed by atoms with E-state index in [2.05, 4.69) is 10.3 Å². The minimum absolute atomic E-state index is 0.148. The number of halogens is 3. The van der Waals surface area contributed by atoms with Crippen LogP contribution < -0.4 is 11.1 Å². The van der Waals surface area contributed by atoms with Crippen LogP contribution in [-0.4, -0.2) is 12.5 Å². The lowest BCUT2D eigenvalue weighted by Crippen LogP contribution is -2.37. The molecule has 0 heterocycles. The second kappa shape index (κ2) is 5.95. The molecule has 6 heteroatoms. The van der Waals surface area contributed by atoms with E-state index < -0.39 is 17.5 Å². The van der Waals surface area contributed by atoms with Gasteiger partial charge >= 0.3 is 0 Å². The van der Waals surface area contributed by atoms with Gasteiger partial charge in [-0.1, -0.05) is 6.42 Å². The van der Waals surface area contributed by atoms with Crippen LogP contribution in [0.4, 0.5) is 13.2 Å². The van der Waals surface area contributed by atoms with Crippen molar-refractivity contribution in [2.24, 2.45) is 16.6 Å². The van der Waals surface area contributed by atoms with Gasteiger partial charge in [0.1, 0.15) is 17.5 Å². The van der Waals surface area contributed by atoms with Crippen LogP contribution in [-0.2, 0) is 6.54 Å². The van der Waals surface area contributed by atoms with Crippen molar-refractivity contribution in [1.82, 2.24) is 5.32 Å². The average molecular weight is 271 g/mol. The Bertz CT molecular complexity index is 461. The zero-order valence-corrected chi connectivity index (χ0v) is 10.4. The molecular formula is C13H16F3N3. The topological polar surface area (TPSA) is 50.4 Å². The third-order valence-corrected chi connectivity index (χ3v) is 3.31. The standard InChI is InChI=1S/C13H16F3N3/c14-9-4-11(15)10(12(16)5-9)7-19-13(17)18-6-8-2-1-3-8/h4-5,8H,1-3,6-7H2,(H3,17,18,19). The van der Waals surface area contributed by atoms with Crippen LogP contribution in [0, 0.1) is 23.4 Å². The fourth-order valence-electron chi connectivity index (χ4n) is 1.89. The van der Waals surface area contributed by atoms with Gasteiger partial charge in [0.15, 0.2) is 5.96 Å². The second-order valence-electron chi connectivity index (χ2n) is 4.73. The highest BCUT2D eigenvalue weighted by molar-refractivity contribution is 5.77. The van der Waals surface area contributed by atoms with Gasteiger partial charge in [0.25, 0.3) is 0 Å². The average Bonchev–Trinajstić information content (AvgIpc) is 2.25. The Labute approximate surface area is 109 Å². The van der Waals surface area contributed by atoms with Crippen molar-refractivity contribution < 1.29 is 13.2 Å². The molecule has 2 rings (SSSR count). The lowest BCUT2D eigenvalue weighted by Gasteiger charge is -2.25. The number of hydrogen-bond donors (Lipinski definition) is 2. The van der Waals surface area contributed by atoms with E-state index in [1.54, 1.807) is 0 Å². The van der Waals surface area contributed by atoms with E-state index in [9.17, 15) is 13.2 Å². The van der Waals surface area contributed by atoms with Crippen molar-refractivity contribution >= 4 is 5.96 Å². The van der Waals surface area contributed by atoms with E-state index >= 15 is 0 Å². The molecule has 0 atom stereocenters. The van der Waals surface area contributed by atoms with E-state index in [-0.39, 0.29) is 18.1 Å². The summed E-state index contributed by atoms with van der Waals surface area (Å²) >= 11 is 0.